The number of hydrogen-bond acceptors (Lipinski definition) is 2. The number of pyridine rings is 1. The zero-order chi connectivity index (χ0) is 12.3. The Morgan fingerprint density at radius 2 is 2.00 bits per heavy atom. The van der Waals surface area contributed by atoms with E-state index in [1.807, 2.05) is 6.07 Å². The summed E-state index contributed by atoms with van der Waals surface area (Å²) in [5.74, 6) is 1.61. The van der Waals surface area contributed by atoms with Crippen molar-refractivity contribution < 1.29 is 0 Å². The number of nitrogens with zero attached hydrogens (tertiary/aromatic N) is 2. The molecule has 0 radical (unpaired) electrons. The molecule has 2 saturated carbocycles. The summed E-state index contributed by atoms with van der Waals surface area (Å²) in [6, 6.07) is 2.47. The van der Waals surface area contributed by atoms with E-state index in [9.17, 15) is 0 Å². The van der Waals surface area contributed by atoms with Crippen LogP contribution in [0, 0.1) is 16.6 Å². The summed E-state index contributed by atoms with van der Waals surface area (Å²) in [6.45, 7) is 0. The van der Waals surface area contributed by atoms with E-state index in [0.717, 1.165) is 27.8 Å². The third kappa shape index (κ3) is 1.70. The highest BCUT2D eigenvalue weighted by Crippen LogP contribution is 2.52. The molecule has 0 spiro atoms. The van der Waals surface area contributed by atoms with Crippen molar-refractivity contribution in [3.8, 4) is 0 Å². The van der Waals surface area contributed by atoms with Crippen LogP contribution < -0.4 is 0 Å². The Kier molecular flexibility index (Phi) is 2.33. The van der Waals surface area contributed by atoms with Crippen LogP contribution in [0.4, 0.5) is 0 Å². The van der Waals surface area contributed by atoms with Gasteiger partial charge in [-0.25, -0.2) is 4.98 Å². The highest BCUT2D eigenvalue weighted by molar-refractivity contribution is 7.71. The second-order valence-electron chi connectivity index (χ2n) is 5.49. The van der Waals surface area contributed by atoms with E-state index >= 15 is 0 Å². The molecule has 0 unspecified atom stereocenters. The number of nitrogens with one attached hydrogen (secondary N) is 1. The molecule has 4 rings (SSSR count). The van der Waals surface area contributed by atoms with Crippen molar-refractivity contribution in [1.82, 2.24) is 14.5 Å². The van der Waals surface area contributed by atoms with Crippen molar-refractivity contribution in [3.05, 3.63) is 22.1 Å². The maximum Gasteiger partial charge on any atom is 0.179 e. The number of rotatable bonds is 3. The van der Waals surface area contributed by atoms with E-state index in [1.165, 1.54) is 25.7 Å². The minimum Gasteiger partial charge on any atom is -0.329 e. The maximum atomic E-state index is 5.98. The molecule has 0 atom stereocenters. The van der Waals surface area contributed by atoms with Gasteiger partial charge in [0.2, 0.25) is 0 Å². The predicted molar refractivity (Wildman–Crippen MR) is 74.4 cm³/mol. The topological polar surface area (TPSA) is 33.6 Å². The lowest BCUT2D eigenvalue weighted by Crippen LogP contribution is -2.14. The molecule has 2 aliphatic rings. The van der Waals surface area contributed by atoms with Crippen LogP contribution in [0.15, 0.2) is 12.3 Å². The first kappa shape index (κ1) is 11.0. The number of H-pyrrole nitrogens is 1. The molecule has 2 heterocycles. The first-order valence-electron chi connectivity index (χ1n) is 6.50. The first-order valence-corrected chi connectivity index (χ1v) is 7.28. The Morgan fingerprint density at radius 1 is 1.33 bits per heavy atom. The molecule has 5 heteroatoms. The van der Waals surface area contributed by atoms with Crippen LogP contribution >= 0.6 is 23.8 Å². The first-order chi connectivity index (χ1) is 8.74. The Bertz CT molecular complexity index is 654. The van der Waals surface area contributed by atoms with Crippen molar-refractivity contribution in [2.24, 2.45) is 11.8 Å². The monoisotopic (exact) mass is 279 g/mol. The van der Waals surface area contributed by atoms with Gasteiger partial charge in [0, 0.05) is 12.2 Å². The molecule has 0 bridgehead atoms. The summed E-state index contributed by atoms with van der Waals surface area (Å²) in [5, 5.41) is 0.653. The third-order valence-electron chi connectivity index (χ3n) is 4.03. The van der Waals surface area contributed by atoms with Crippen molar-refractivity contribution >= 4 is 35.0 Å². The van der Waals surface area contributed by atoms with E-state index in [0.29, 0.717) is 11.1 Å². The summed E-state index contributed by atoms with van der Waals surface area (Å²) in [5.41, 5.74) is 1.92. The van der Waals surface area contributed by atoms with Gasteiger partial charge in [-0.3, -0.25) is 4.57 Å². The van der Waals surface area contributed by atoms with Crippen molar-refractivity contribution in [1.29, 1.82) is 0 Å². The fraction of sp³-hybridized carbons (Fsp3) is 0.538. The summed E-state index contributed by atoms with van der Waals surface area (Å²) < 4.78 is 3.04. The second-order valence-corrected chi connectivity index (χ2v) is 6.31. The van der Waals surface area contributed by atoms with Gasteiger partial charge in [0.05, 0.1) is 10.5 Å². The zero-order valence-corrected chi connectivity index (χ0v) is 11.5. The molecule has 0 aromatic carbocycles. The highest BCUT2D eigenvalue weighted by Gasteiger charge is 2.43. The molecule has 2 aromatic heterocycles. The SMILES string of the molecule is S=c1[nH]c2cc(Cl)cnc2n1C(C1CC1)C1CC1. The van der Waals surface area contributed by atoms with E-state index in [2.05, 4.69) is 14.5 Å². The smallest absolute Gasteiger partial charge is 0.179 e. The van der Waals surface area contributed by atoms with Crippen LogP contribution in [0.2, 0.25) is 5.02 Å². The summed E-state index contributed by atoms with van der Waals surface area (Å²) >= 11 is 11.5. The Morgan fingerprint density at radius 3 is 2.61 bits per heavy atom. The van der Waals surface area contributed by atoms with E-state index < -0.39 is 0 Å². The highest BCUT2D eigenvalue weighted by atomic mass is 35.5. The fourth-order valence-corrected chi connectivity index (χ4v) is 3.42. The van der Waals surface area contributed by atoms with Gasteiger partial charge in [0.1, 0.15) is 0 Å². The average Bonchev–Trinajstić information content (AvgIpc) is 3.21. The summed E-state index contributed by atoms with van der Waals surface area (Å²) in [4.78, 5) is 7.72. The van der Waals surface area contributed by atoms with Crippen molar-refractivity contribution in [2.45, 2.75) is 31.7 Å². The van der Waals surface area contributed by atoms with Gasteiger partial charge in [0.15, 0.2) is 10.4 Å². The molecule has 94 valence electrons. The lowest BCUT2D eigenvalue weighted by molar-refractivity contribution is 0.398. The predicted octanol–water partition coefficient (Wildman–Crippen LogP) is 4.11. The normalized spacial score (nSPS) is 19.9. The van der Waals surface area contributed by atoms with Crippen LogP contribution in [0.1, 0.15) is 31.7 Å². The number of aromatic amines is 1. The van der Waals surface area contributed by atoms with Crippen molar-refractivity contribution in [3.63, 3.8) is 0 Å². The van der Waals surface area contributed by atoms with Gasteiger partial charge in [-0.05, 0) is 55.8 Å². The van der Waals surface area contributed by atoms with Crippen LogP contribution in [0.3, 0.4) is 0 Å². The zero-order valence-electron chi connectivity index (χ0n) is 9.90. The third-order valence-corrected chi connectivity index (χ3v) is 4.54. The number of imidazole rings is 1. The number of hydrogen-bond donors (Lipinski definition) is 1. The molecule has 2 fully saturated rings. The molecule has 0 amide bonds. The molecule has 1 N–H and O–H groups in total. The van der Waals surface area contributed by atoms with Crippen molar-refractivity contribution in [2.75, 3.05) is 0 Å². The number of aromatic nitrogens is 3. The van der Waals surface area contributed by atoms with Gasteiger partial charge in [-0.15, -0.1) is 0 Å². The second kappa shape index (κ2) is 3.81. The molecular formula is C13H14ClN3S. The Labute approximate surface area is 115 Å². The quantitative estimate of drug-likeness (QED) is 0.858. The molecule has 0 aliphatic heterocycles. The van der Waals surface area contributed by atoms with Crippen LogP contribution in [0.25, 0.3) is 11.2 Å². The minimum atomic E-state index is 0.555. The lowest BCUT2D eigenvalue weighted by Gasteiger charge is -2.17. The molecule has 2 aromatic rings. The summed E-state index contributed by atoms with van der Waals surface area (Å²) in [6.07, 6.45) is 7.05. The van der Waals surface area contributed by atoms with Gasteiger partial charge in [-0.1, -0.05) is 11.6 Å². The standard InChI is InChI=1S/C13H14ClN3S/c14-9-5-10-12(15-6-9)17(13(18)16-10)11(7-1-2-7)8-3-4-8/h5-8,11H,1-4H2,(H,16,18). The lowest BCUT2D eigenvalue weighted by atomic mass is 10.1. The van der Waals surface area contributed by atoms with Gasteiger partial charge < -0.3 is 4.98 Å². The molecule has 18 heavy (non-hydrogen) atoms. The van der Waals surface area contributed by atoms with Crippen LogP contribution in [-0.2, 0) is 0 Å². The van der Waals surface area contributed by atoms with E-state index in [1.54, 1.807) is 6.20 Å². The molecule has 3 nitrogen and oxygen atoms in total. The van der Waals surface area contributed by atoms with Crippen LogP contribution in [-0.4, -0.2) is 14.5 Å². The Balaban J connectivity index is 1.92. The Hall–Kier alpha value is -0.870. The van der Waals surface area contributed by atoms with Crippen LogP contribution in [0.5, 0.6) is 0 Å². The van der Waals surface area contributed by atoms with Gasteiger partial charge >= 0.3 is 0 Å². The van der Waals surface area contributed by atoms with E-state index in [-0.39, 0.29) is 0 Å². The van der Waals surface area contributed by atoms with Gasteiger partial charge in [0.25, 0.3) is 0 Å². The maximum absolute atomic E-state index is 5.98. The van der Waals surface area contributed by atoms with E-state index in [4.69, 9.17) is 23.8 Å². The average molecular weight is 280 g/mol. The largest absolute Gasteiger partial charge is 0.329 e. The number of halogens is 1. The molecule has 0 saturated heterocycles. The molecular weight excluding hydrogens is 266 g/mol. The summed E-state index contributed by atoms with van der Waals surface area (Å²) in [7, 11) is 0. The number of fused-ring (bicyclic) bond motifs is 1. The molecule has 2 aliphatic carbocycles. The fourth-order valence-electron chi connectivity index (χ4n) is 2.95. The van der Waals surface area contributed by atoms with Gasteiger partial charge in [-0.2, -0.15) is 0 Å². The minimum absolute atomic E-state index is 0.555.